The molecule has 1 amide bonds. The number of imidazole rings is 1. The maximum atomic E-state index is 12.5. The number of carbonyl (C=O) groups excluding carboxylic acids is 1. The molecule has 4 aromatic heterocycles. The molecule has 0 radical (unpaired) electrons. The molecule has 0 saturated heterocycles. The molecular formula is C25H23ClN8O3. The van der Waals surface area contributed by atoms with Gasteiger partial charge < -0.3 is 14.8 Å². The Hall–Kier alpha value is -4.38. The summed E-state index contributed by atoms with van der Waals surface area (Å²) in [7, 11) is 1.58. The molecular weight excluding hydrogens is 496 g/mol. The molecule has 1 aromatic carbocycles. The van der Waals surface area contributed by atoms with Gasteiger partial charge in [-0.25, -0.2) is 14.6 Å². The molecule has 12 heteroatoms. The van der Waals surface area contributed by atoms with E-state index in [1.807, 2.05) is 39.0 Å². The lowest BCUT2D eigenvalue weighted by Crippen LogP contribution is -2.23. The van der Waals surface area contributed by atoms with E-state index in [-0.39, 0.29) is 23.4 Å². The lowest BCUT2D eigenvalue weighted by molar-refractivity contribution is 0.0907. The summed E-state index contributed by atoms with van der Waals surface area (Å²) in [6.45, 7) is 5.98. The van der Waals surface area contributed by atoms with E-state index >= 15 is 0 Å². The van der Waals surface area contributed by atoms with Gasteiger partial charge in [-0.1, -0.05) is 49.7 Å². The molecule has 0 spiro atoms. The van der Waals surface area contributed by atoms with E-state index in [0.29, 0.717) is 33.5 Å². The average Bonchev–Trinajstić information content (AvgIpc) is 3.52. The van der Waals surface area contributed by atoms with Gasteiger partial charge in [0.1, 0.15) is 11.2 Å². The summed E-state index contributed by atoms with van der Waals surface area (Å²) in [6, 6.07) is 10.4. The van der Waals surface area contributed by atoms with Gasteiger partial charge in [-0.05, 0) is 29.3 Å². The summed E-state index contributed by atoms with van der Waals surface area (Å²) in [6.07, 6.45) is 1.67. The number of fused-ring (bicyclic) bond motifs is 1. The molecule has 0 atom stereocenters. The number of halogens is 1. The van der Waals surface area contributed by atoms with Crippen LogP contribution in [0.4, 0.5) is 0 Å². The first-order chi connectivity index (χ1) is 17.6. The molecule has 5 aromatic rings. The van der Waals surface area contributed by atoms with Gasteiger partial charge in [0.2, 0.25) is 0 Å². The number of nitrogens with zero attached hydrogens (tertiary/aromatic N) is 6. The fraction of sp³-hybridized carbons (Fsp3) is 0.240. The van der Waals surface area contributed by atoms with Crippen LogP contribution in [0.2, 0.25) is 5.02 Å². The van der Waals surface area contributed by atoms with E-state index in [1.54, 1.807) is 25.4 Å². The highest BCUT2D eigenvalue weighted by Gasteiger charge is 2.24. The molecule has 37 heavy (non-hydrogen) atoms. The Morgan fingerprint density at radius 1 is 1.16 bits per heavy atom. The van der Waals surface area contributed by atoms with Gasteiger partial charge in [-0.15, -0.1) is 0 Å². The molecule has 4 heterocycles. The Kier molecular flexibility index (Phi) is 6.08. The molecule has 2 N–H and O–H groups in total. The third-order valence-electron chi connectivity index (χ3n) is 5.68. The van der Waals surface area contributed by atoms with Crippen LogP contribution in [-0.2, 0) is 19.0 Å². The summed E-state index contributed by atoms with van der Waals surface area (Å²) >= 11 is 6.57. The zero-order valence-corrected chi connectivity index (χ0v) is 21.3. The van der Waals surface area contributed by atoms with Crippen molar-refractivity contribution in [2.75, 3.05) is 0 Å². The second-order valence-electron chi connectivity index (χ2n) is 9.48. The van der Waals surface area contributed by atoms with Gasteiger partial charge in [0, 0.05) is 41.9 Å². The topological polar surface area (TPSA) is 144 Å². The number of aryl methyl sites for hydroxylation is 1. The van der Waals surface area contributed by atoms with Crippen molar-refractivity contribution in [3.05, 3.63) is 75.3 Å². The largest absolute Gasteiger partial charge is 0.344 e. The zero-order chi connectivity index (χ0) is 26.3. The van der Waals surface area contributed by atoms with E-state index in [4.69, 9.17) is 16.1 Å². The fourth-order valence-electron chi connectivity index (χ4n) is 3.62. The molecule has 0 aliphatic carbocycles. The fourth-order valence-corrected chi connectivity index (χ4v) is 3.87. The molecule has 0 fully saturated rings. The summed E-state index contributed by atoms with van der Waals surface area (Å²) < 4.78 is 6.34. The molecule has 188 valence electrons. The second-order valence-corrected chi connectivity index (χ2v) is 9.89. The van der Waals surface area contributed by atoms with Crippen molar-refractivity contribution < 1.29 is 9.32 Å². The van der Waals surface area contributed by atoms with Gasteiger partial charge in [-0.3, -0.25) is 9.59 Å². The van der Waals surface area contributed by atoms with Crippen molar-refractivity contribution in [2.45, 2.75) is 32.7 Å². The zero-order valence-electron chi connectivity index (χ0n) is 20.5. The van der Waals surface area contributed by atoms with Gasteiger partial charge in [0.15, 0.2) is 17.3 Å². The number of benzene rings is 1. The van der Waals surface area contributed by atoms with Crippen LogP contribution in [0.1, 0.15) is 42.8 Å². The maximum Gasteiger partial charge on any atom is 0.315 e. The highest BCUT2D eigenvalue weighted by Crippen LogP contribution is 2.31. The maximum absolute atomic E-state index is 12.5. The number of carbonyl (C=O) groups is 1. The first-order valence-electron chi connectivity index (χ1n) is 11.4. The number of hydrogen-bond acceptors (Lipinski definition) is 8. The standard InChI is InChI=1S/C25H23ClN8O3/c1-25(2,3)24-31-23(37-33-24)22(36)28-12-14-6-5-13(11-16(14)26)15-9-10-27-21-19(15)29-20(30-21)17-7-8-18(35)34(4)32-17/h5-11H,12H2,1-4H3,(H,28,36)(H,27,29,30). The van der Waals surface area contributed by atoms with Crippen LogP contribution in [0.3, 0.4) is 0 Å². The predicted octanol–water partition coefficient (Wildman–Crippen LogP) is 3.65. The second kappa shape index (κ2) is 9.25. The monoisotopic (exact) mass is 518 g/mol. The summed E-state index contributed by atoms with van der Waals surface area (Å²) in [4.78, 5) is 40.5. The van der Waals surface area contributed by atoms with Crippen molar-refractivity contribution >= 4 is 28.7 Å². The highest BCUT2D eigenvalue weighted by molar-refractivity contribution is 6.31. The summed E-state index contributed by atoms with van der Waals surface area (Å²) in [5.41, 5.74) is 3.55. The van der Waals surface area contributed by atoms with Crippen molar-refractivity contribution in [2.24, 2.45) is 7.05 Å². The van der Waals surface area contributed by atoms with Crippen LogP contribution in [0, 0.1) is 0 Å². The number of aromatic amines is 1. The van der Waals surface area contributed by atoms with Crippen LogP contribution >= 0.6 is 11.6 Å². The number of nitrogens with one attached hydrogen (secondary N) is 2. The Morgan fingerprint density at radius 3 is 2.68 bits per heavy atom. The minimum atomic E-state index is -0.477. The molecule has 0 saturated carbocycles. The van der Waals surface area contributed by atoms with Crippen molar-refractivity contribution in [1.82, 2.24) is 40.2 Å². The van der Waals surface area contributed by atoms with Crippen LogP contribution in [-0.4, -0.2) is 40.8 Å². The first-order valence-corrected chi connectivity index (χ1v) is 11.8. The van der Waals surface area contributed by atoms with Crippen LogP contribution in [0.15, 0.2) is 51.9 Å². The Balaban J connectivity index is 1.37. The van der Waals surface area contributed by atoms with Crippen LogP contribution in [0.5, 0.6) is 0 Å². The average molecular weight is 519 g/mol. The summed E-state index contributed by atoms with van der Waals surface area (Å²) in [5, 5.41) is 11.4. The van der Waals surface area contributed by atoms with Gasteiger partial charge in [0.25, 0.3) is 5.56 Å². The van der Waals surface area contributed by atoms with E-state index in [2.05, 4.69) is 35.5 Å². The molecule has 0 unspecified atom stereocenters. The smallest absolute Gasteiger partial charge is 0.315 e. The molecule has 0 bridgehead atoms. The molecule has 11 nitrogen and oxygen atoms in total. The minimum Gasteiger partial charge on any atom is -0.344 e. The number of hydrogen-bond donors (Lipinski definition) is 2. The SMILES string of the molecule is Cn1nc(-c2nc3c(-c4ccc(CNC(=O)c5nc(C(C)(C)C)no5)c(Cl)c4)ccnc3[nH]2)ccc1=O. The third-order valence-corrected chi connectivity index (χ3v) is 6.03. The Morgan fingerprint density at radius 2 is 1.97 bits per heavy atom. The van der Waals surface area contributed by atoms with E-state index in [9.17, 15) is 9.59 Å². The summed E-state index contributed by atoms with van der Waals surface area (Å²) in [5.74, 6) is 0.373. The molecule has 5 rings (SSSR count). The molecule has 0 aliphatic rings. The third kappa shape index (κ3) is 4.85. The highest BCUT2D eigenvalue weighted by atomic mass is 35.5. The van der Waals surface area contributed by atoms with E-state index in [0.717, 1.165) is 16.7 Å². The van der Waals surface area contributed by atoms with Crippen LogP contribution in [0.25, 0.3) is 33.8 Å². The van der Waals surface area contributed by atoms with E-state index < -0.39 is 5.91 Å². The first kappa shape index (κ1) is 24.3. The Bertz CT molecular complexity index is 1700. The van der Waals surface area contributed by atoms with Crippen molar-refractivity contribution in [3.63, 3.8) is 0 Å². The van der Waals surface area contributed by atoms with Crippen molar-refractivity contribution in [3.8, 4) is 22.6 Å². The molecule has 0 aliphatic heterocycles. The number of H-pyrrole nitrogens is 1. The van der Waals surface area contributed by atoms with E-state index in [1.165, 1.54) is 10.7 Å². The quantitative estimate of drug-likeness (QED) is 0.358. The number of aromatic nitrogens is 7. The number of pyridine rings is 1. The lowest BCUT2D eigenvalue weighted by Gasteiger charge is -2.10. The lowest BCUT2D eigenvalue weighted by atomic mass is 9.96. The van der Waals surface area contributed by atoms with Gasteiger partial charge in [0.05, 0.1) is 0 Å². The van der Waals surface area contributed by atoms with Crippen molar-refractivity contribution in [1.29, 1.82) is 0 Å². The predicted molar refractivity (Wildman–Crippen MR) is 137 cm³/mol. The number of rotatable bonds is 5. The minimum absolute atomic E-state index is 0.0980. The van der Waals surface area contributed by atoms with Gasteiger partial charge >= 0.3 is 11.8 Å². The van der Waals surface area contributed by atoms with Gasteiger partial charge in [-0.2, -0.15) is 10.1 Å². The van der Waals surface area contributed by atoms with Crippen LogP contribution < -0.4 is 10.9 Å². The number of amides is 1. The normalized spacial score (nSPS) is 11.7. The Labute approximate surface area is 215 Å².